The first kappa shape index (κ1) is 10.5. The van der Waals surface area contributed by atoms with Crippen molar-refractivity contribution < 1.29 is 0 Å². The van der Waals surface area contributed by atoms with Crippen LogP contribution in [-0.4, -0.2) is 4.98 Å². The summed E-state index contributed by atoms with van der Waals surface area (Å²) in [7, 11) is 0. The van der Waals surface area contributed by atoms with Crippen molar-refractivity contribution in [1.29, 1.82) is 0 Å². The SMILES string of the molecule is CCc1ccc(-c2cc3cccnc3s2)cc1. The second-order valence-electron chi connectivity index (χ2n) is 4.06. The van der Waals surface area contributed by atoms with Gasteiger partial charge < -0.3 is 0 Å². The minimum Gasteiger partial charge on any atom is -0.245 e. The van der Waals surface area contributed by atoms with Crippen LogP contribution in [0.4, 0.5) is 0 Å². The van der Waals surface area contributed by atoms with E-state index in [1.165, 1.54) is 21.4 Å². The van der Waals surface area contributed by atoms with E-state index in [9.17, 15) is 0 Å². The molecule has 0 spiro atoms. The molecule has 1 nitrogen and oxygen atoms in total. The van der Waals surface area contributed by atoms with Crippen molar-refractivity contribution >= 4 is 21.6 Å². The first-order valence-corrected chi connectivity index (χ1v) is 6.62. The quantitative estimate of drug-likeness (QED) is 0.640. The molecule has 0 radical (unpaired) electrons. The second kappa shape index (κ2) is 4.30. The molecule has 2 heteroatoms. The van der Waals surface area contributed by atoms with Crippen LogP contribution in [0.25, 0.3) is 20.7 Å². The van der Waals surface area contributed by atoms with E-state index < -0.39 is 0 Å². The number of aryl methyl sites for hydroxylation is 1. The van der Waals surface area contributed by atoms with Gasteiger partial charge in [-0.3, -0.25) is 0 Å². The first-order valence-electron chi connectivity index (χ1n) is 5.80. The molecule has 3 rings (SSSR count). The lowest BCUT2D eigenvalue weighted by Crippen LogP contribution is -1.78. The molecule has 0 atom stereocenters. The molecule has 0 fully saturated rings. The molecule has 3 aromatic rings. The summed E-state index contributed by atoms with van der Waals surface area (Å²) >= 11 is 1.75. The van der Waals surface area contributed by atoms with Gasteiger partial charge >= 0.3 is 0 Å². The fraction of sp³-hybridized carbons (Fsp3) is 0.133. The lowest BCUT2D eigenvalue weighted by Gasteiger charge is -1.99. The third-order valence-corrected chi connectivity index (χ3v) is 4.05. The van der Waals surface area contributed by atoms with Crippen molar-refractivity contribution in [1.82, 2.24) is 4.98 Å². The highest BCUT2D eigenvalue weighted by atomic mass is 32.1. The minimum atomic E-state index is 1.09. The zero-order valence-corrected chi connectivity index (χ0v) is 10.5. The third-order valence-electron chi connectivity index (χ3n) is 2.94. The Kier molecular flexibility index (Phi) is 2.65. The molecule has 0 saturated carbocycles. The molecule has 2 aromatic heterocycles. The number of thiophene rings is 1. The Morgan fingerprint density at radius 3 is 2.65 bits per heavy atom. The van der Waals surface area contributed by atoms with Gasteiger partial charge in [0.25, 0.3) is 0 Å². The highest BCUT2D eigenvalue weighted by Gasteiger charge is 2.04. The maximum absolute atomic E-state index is 4.38. The van der Waals surface area contributed by atoms with Crippen molar-refractivity contribution in [3.8, 4) is 10.4 Å². The molecular formula is C15H13NS. The number of hydrogen-bond acceptors (Lipinski definition) is 2. The fourth-order valence-corrected chi connectivity index (χ4v) is 2.93. The number of nitrogens with zero attached hydrogens (tertiary/aromatic N) is 1. The van der Waals surface area contributed by atoms with Gasteiger partial charge in [-0.1, -0.05) is 37.3 Å². The van der Waals surface area contributed by atoms with Crippen LogP contribution in [-0.2, 0) is 6.42 Å². The number of fused-ring (bicyclic) bond motifs is 1. The van der Waals surface area contributed by atoms with Gasteiger partial charge in [0.15, 0.2) is 0 Å². The average molecular weight is 239 g/mol. The van der Waals surface area contributed by atoms with Gasteiger partial charge in [-0.05, 0) is 29.7 Å². The molecule has 0 aliphatic heterocycles. The zero-order chi connectivity index (χ0) is 11.7. The molecule has 2 heterocycles. The molecule has 0 aliphatic rings. The molecule has 84 valence electrons. The zero-order valence-electron chi connectivity index (χ0n) is 9.68. The van der Waals surface area contributed by atoms with Crippen LogP contribution in [0.15, 0.2) is 48.7 Å². The van der Waals surface area contributed by atoms with E-state index in [0.717, 1.165) is 11.3 Å². The normalized spacial score (nSPS) is 10.9. The van der Waals surface area contributed by atoms with E-state index in [2.05, 4.69) is 48.3 Å². The lowest BCUT2D eigenvalue weighted by molar-refractivity contribution is 1.14. The molecule has 17 heavy (non-hydrogen) atoms. The van der Waals surface area contributed by atoms with Crippen LogP contribution in [0.2, 0.25) is 0 Å². The van der Waals surface area contributed by atoms with Gasteiger partial charge in [-0.25, -0.2) is 4.98 Å². The molecule has 0 aliphatic carbocycles. The van der Waals surface area contributed by atoms with Gasteiger partial charge in [-0.15, -0.1) is 11.3 Å². The monoisotopic (exact) mass is 239 g/mol. The van der Waals surface area contributed by atoms with E-state index in [1.54, 1.807) is 11.3 Å². The summed E-state index contributed by atoms with van der Waals surface area (Å²) in [6, 6.07) is 15.1. The highest BCUT2D eigenvalue weighted by molar-refractivity contribution is 7.21. The van der Waals surface area contributed by atoms with Crippen LogP contribution in [0.5, 0.6) is 0 Å². The fourth-order valence-electron chi connectivity index (χ4n) is 1.92. The molecule has 0 unspecified atom stereocenters. The molecular weight excluding hydrogens is 226 g/mol. The van der Waals surface area contributed by atoms with Crippen molar-refractivity contribution in [2.24, 2.45) is 0 Å². The summed E-state index contributed by atoms with van der Waals surface area (Å²) in [4.78, 5) is 6.79. The Hall–Kier alpha value is -1.67. The van der Waals surface area contributed by atoms with E-state index in [-0.39, 0.29) is 0 Å². The van der Waals surface area contributed by atoms with Gasteiger partial charge in [-0.2, -0.15) is 0 Å². The van der Waals surface area contributed by atoms with Gasteiger partial charge in [0.05, 0.1) is 0 Å². The van der Waals surface area contributed by atoms with E-state index in [4.69, 9.17) is 0 Å². The van der Waals surface area contributed by atoms with Crippen molar-refractivity contribution in [3.63, 3.8) is 0 Å². The third kappa shape index (κ3) is 1.96. The number of rotatable bonds is 2. The maximum atomic E-state index is 4.38. The van der Waals surface area contributed by atoms with Crippen LogP contribution in [0.3, 0.4) is 0 Å². The Bertz CT molecular complexity index is 604. The Morgan fingerprint density at radius 2 is 1.94 bits per heavy atom. The Balaban J connectivity index is 2.07. The highest BCUT2D eigenvalue weighted by Crippen LogP contribution is 2.32. The smallest absolute Gasteiger partial charge is 0.123 e. The average Bonchev–Trinajstić information content (AvgIpc) is 2.82. The summed E-state index contributed by atoms with van der Waals surface area (Å²) in [5.74, 6) is 0. The van der Waals surface area contributed by atoms with Crippen LogP contribution >= 0.6 is 11.3 Å². The van der Waals surface area contributed by atoms with Crippen LogP contribution in [0.1, 0.15) is 12.5 Å². The topological polar surface area (TPSA) is 12.9 Å². The number of pyridine rings is 1. The minimum absolute atomic E-state index is 1.09. The molecule has 0 N–H and O–H groups in total. The number of hydrogen-bond donors (Lipinski definition) is 0. The summed E-state index contributed by atoms with van der Waals surface area (Å²) in [6.45, 7) is 2.18. The molecule has 1 aromatic carbocycles. The first-order chi connectivity index (χ1) is 8.36. The molecule has 0 bridgehead atoms. The Labute approximate surface area is 105 Å². The van der Waals surface area contributed by atoms with E-state index in [1.807, 2.05) is 12.3 Å². The summed E-state index contributed by atoms with van der Waals surface area (Å²) in [5.41, 5.74) is 2.66. The maximum Gasteiger partial charge on any atom is 0.123 e. The summed E-state index contributed by atoms with van der Waals surface area (Å²) < 4.78 is 0. The van der Waals surface area contributed by atoms with Gasteiger partial charge in [0.1, 0.15) is 4.83 Å². The Morgan fingerprint density at radius 1 is 1.12 bits per heavy atom. The second-order valence-corrected chi connectivity index (χ2v) is 5.09. The van der Waals surface area contributed by atoms with Crippen molar-refractivity contribution in [2.75, 3.05) is 0 Å². The van der Waals surface area contributed by atoms with Gasteiger partial charge in [0, 0.05) is 16.5 Å². The van der Waals surface area contributed by atoms with E-state index in [0.29, 0.717) is 0 Å². The number of benzene rings is 1. The van der Waals surface area contributed by atoms with Crippen molar-refractivity contribution in [2.45, 2.75) is 13.3 Å². The summed E-state index contributed by atoms with van der Waals surface area (Å²) in [5, 5.41) is 1.23. The van der Waals surface area contributed by atoms with Gasteiger partial charge in [0.2, 0.25) is 0 Å². The predicted molar refractivity (Wildman–Crippen MR) is 74.4 cm³/mol. The molecule has 0 amide bonds. The standard InChI is InChI=1S/C15H13NS/c1-2-11-5-7-12(8-6-11)14-10-13-4-3-9-16-15(13)17-14/h3-10H,2H2,1H3. The largest absolute Gasteiger partial charge is 0.245 e. The summed E-state index contributed by atoms with van der Waals surface area (Å²) in [6.07, 6.45) is 2.94. The van der Waals surface area contributed by atoms with Crippen molar-refractivity contribution in [3.05, 3.63) is 54.2 Å². The lowest BCUT2D eigenvalue weighted by atomic mass is 10.1. The molecule has 0 saturated heterocycles. The van der Waals surface area contributed by atoms with Crippen LogP contribution in [0, 0.1) is 0 Å². The van der Waals surface area contributed by atoms with Crippen LogP contribution < -0.4 is 0 Å². The predicted octanol–water partition coefficient (Wildman–Crippen LogP) is 4.53. The van der Waals surface area contributed by atoms with E-state index >= 15 is 0 Å². The number of aromatic nitrogens is 1.